The topological polar surface area (TPSA) is 44.1 Å². The molecule has 0 aromatic carbocycles. The lowest BCUT2D eigenvalue weighted by Crippen LogP contribution is -2.21. The van der Waals surface area contributed by atoms with Crippen LogP contribution in [0.4, 0.5) is 0 Å². The largest absolute Gasteiger partial charge is 0.379 e. The highest BCUT2D eigenvalue weighted by atomic mass is 32.1. The molecule has 0 fully saturated rings. The second-order valence-electron chi connectivity index (χ2n) is 2.45. The van der Waals surface area contributed by atoms with Gasteiger partial charge < -0.3 is 4.74 Å². The minimum Gasteiger partial charge on any atom is -0.379 e. The third-order valence-electron chi connectivity index (χ3n) is 1.50. The molecule has 72 valence electrons. The van der Waals surface area contributed by atoms with Gasteiger partial charge in [0.15, 0.2) is 0 Å². The van der Waals surface area contributed by atoms with Gasteiger partial charge >= 0.3 is 0 Å². The average Bonchev–Trinajstić information content (AvgIpc) is 2.15. The highest BCUT2D eigenvalue weighted by Crippen LogP contribution is 1.82. The molecule has 0 aliphatic heterocycles. The van der Waals surface area contributed by atoms with Crippen molar-refractivity contribution < 1.29 is 4.74 Å². The van der Waals surface area contributed by atoms with Crippen molar-refractivity contribution in [3.63, 3.8) is 0 Å². The number of rotatable bonds is 5. The number of thiol groups is 1. The number of hydrogen-bond acceptors (Lipinski definition) is 4. The molecular formula is C8H12N2O2S. The van der Waals surface area contributed by atoms with Crippen LogP contribution in [0.2, 0.25) is 0 Å². The van der Waals surface area contributed by atoms with E-state index in [2.05, 4.69) is 17.6 Å². The number of ether oxygens (including phenoxy) is 1. The highest BCUT2D eigenvalue weighted by Gasteiger charge is 1.93. The summed E-state index contributed by atoms with van der Waals surface area (Å²) in [7, 11) is 0. The molecule has 5 heteroatoms. The van der Waals surface area contributed by atoms with Crippen molar-refractivity contribution in [3.8, 4) is 0 Å². The lowest BCUT2D eigenvalue weighted by Gasteiger charge is -2.04. The summed E-state index contributed by atoms with van der Waals surface area (Å²) in [5.74, 6) is 0.696. The Morgan fingerprint density at radius 2 is 2.38 bits per heavy atom. The molecule has 0 amide bonds. The first kappa shape index (κ1) is 10.3. The van der Waals surface area contributed by atoms with E-state index in [9.17, 15) is 4.79 Å². The zero-order valence-corrected chi connectivity index (χ0v) is 8.11. The van der Waals surface area contributed by atoms with Gasteiger partial charge in [-0.15, -0.1) is 0 Å². The SMILES string of the molecule is O=c1ccncn1CCOCCS. The van der Waals surface area contributed by atoms with Crippen LogP contribution in [-0.4, -0.2) is 28.5 Å². The molecule has 0 aliphatic carbocycles. The Bertz CT molecular complexity index is 300. The van der Waals surface area contributed by atoms with E-state index in [0.29, 0.717) is 25.5 Å². The molecule has 1 aromatic rings. The van der Waals surface area contributed by atoms with Gasteiger partial charge in [-0.2, -0.15) is 12.6 Å². The summed E-state index contributed by atoms with van der Waals surface area (Å²) in [5.41, 5.74) is -0.0514. The summed E-state index contributed by atoms with van der Waals surface area (Å²) in [6.45, 7) is 1.67. The first-order chi connectivity index (χ1) is 6.34. The van der Waals surface area contributed by atoms with Crippen molar-refractivity contribution in [1.82, 2.24) is 9.55 Å². The lowest BCUT2D eigenvalue weighted by molar-refractivity contribution is 0.140. The molecule has 1 heterocycles. The molecule has 0 N–H and O–H groups in total. The fourth-order valence-corrected chi connectivity index (χ4v) is 1.00. The maximum atomic E-state index is 11.1. The minimum atomic E-state index is -0.0514. The van der Waals surface area contributed by atoms with Crippen molar-refractivity contribution in [3.05, 3.63) is 28.9 Å². The van der Waals surface area contributed by atoms with Gasteiger partial charge in [-0.3, -0.25) is 9.36 Å². The van der Waals surface area contributed by atoms with E-state index >= 15 is 0 Å². The van der Waals surface area contributed by atoms with Gasteiger partial charge in [-0.05, 0) is 0 Å². The Morgan fingerprint density at radius 3 is 3.08 bits per heavy atom. The first-order valence-corrected chi connectivity index (χ1v) is 4.67. The van der Waals surface area contributed by atoms with Gasteiger partial charge in [0.1, 0.15) is 0 Å². The molecule has 0 spiro atoms. The summed E-state index contributed by atoms with van der Waals surface area (Å²) in [5, 5.41) is 0. The Labute approximate surface area is 82.0 Å². The number of hydrogen-bond donors (Lipinski definition) is 1. The van der Waals surface area contributed by atoms with Crippen molar-refractivity contribution >= 4 is 12.6 Å². The molecule has 1 aromatic heterocycles. The summed E-state index contributed by atoms with van der Waals surface area (Å²) in [6, 6.07) is 1.43. The molecule has 0 unspecified atom stereocenters. The molecule has 1 rings (SSSR count). The fraction of sp³-hybridized carbons (Fsp3) is 0.500. The standard InChI is InChI=1S/C8H12N2O2S/c11-8-1-2-9-7-10(8)3-4-12-5-6-13/h1-2,7,13H,3-6H2. The molecule has 0 saturated heterocycles. The first-order valence-electron chi connectivity index (χ1n) is 4.03. The maximum Gasteiger partial charge on any atom is 0.253 e. The van der Waals surface area contributed by atoms with Gasteiger partial charge in [-0.1, -0.05) is 0 Å². The van der Waals surface area contributed by atoms with E-state index in [1.54, 1.807) is 0 Å². The molecule has 0 aliphatic rings. The van der Waals surface area contributed by atoms with Gasteiger partial charge in [0.2, 0.25) is 0 Å². The van der Waals surface area contributed by atoms with Gasteiger partial charge in [-0.25, -0.2) is 4.98 Å². The Kier molecular flexibility index (Phi) is 4.56. The molecule has 0 atom stereocenters. The highest BCUT2D eigenvalue weighted by molar-refractivity contribution is 7.80. The minimum absolute atomic E-state index is 0.0514. The van der Waals surface area contributed by atoms with Crippen LogP contribution in [0.5, 0.6) is 0 Å². The van der Waals surface area contributed by atoms with Crippen molar-refractivity contribution in [2.75, 3.05) is 19.0 Å². The third kappa shape index (κ3) is 3.61. The molecule has 4 nitrogen and oxygen atoms in total. The number of nitrogens with zero attached hydrogens (tertiary/aromatic N) is 2. The second kappa shape index (κ2) is 5.77. The summed E-state index contributed by atoms with van der Waals surface area (Å²) in [4.78, 5) is 15.0. The predicted molar refractivity (Wildman–Crippen MR) is 53.2 cm³/mol. The van der Waals surface area contributed by atoms with E-state index in [0.717, 1.165) is 0 Å². The van der Waals surface area contributed by atoms with Crippen LogP contribution in [-0.2, 0) is 11.3 Å². The summed E-state index contributed by atoms with van der Waals surface area (Å²) < 4.78 is 6.69. The normalized spacial score (nSPS) is 10.2. The van der Waals surface area contributed by atoms with Crippen molar-refractivity contribution in [2.24, 2.45) is 0 Å². The summed E-state index contributed by atoms with van der Waals surface area (Å²) >= 11 is 4.00. The van der Waals surface area contributed by atoms with E-state index in [-0.39, 0.29) is 5.56 Å². The molecule has 13 heavy (non-hydrogen) atoms. The van der Waals surface area contributed by atoms with Gasteiger partial charge in [0.25, 0.3) is 5.56 Å². The van der Waals surface area contributed by atoms with E-state index in [1.807, 2.05) is 0 Å². The van der Waals surface area contributed by atoms with Crippen LogP contribution in [0.3, 0.4) is 0 Å². The smallest absolute Gasteiger partial charge is 0.253 e. The molecule has 0 bridgehead atoms. The van der Waals surface area contributed by atoms with E-state index in [4.69, 9.17) is 4.74 Å². The molecule has 0 radical (unpaired) electrons. The van der Waals surface area contributed by atoms with Crippen LogP contribution < -0.4 is 5.56 Å². The zero-order chi connectivity index (χ0) is 9.52. The van der Waals surface area contributed by atoms with Crippen molar-refractivity contribution in [1.29, 1.82) is 0 Å². The third-order valence-corrected chi connectivity index (χ3v) is 1.69. The van der Waals surface area contributed by atoms with Gasteiger partial charge in [0.05, 0.1) is 26.1 Å². The second-order valence-corrected chi connectivity index (χ2v) is 2.90. The summed E-state index contributed by atoms with van der Waals surface area (Å²) in [6.07, 6.45) is 2.99. The Hall–Kier alpha value is -0.810. The molecule has 0 saturated carbocycles. The Balaban J connectivity index is 2.37. The quantitative estimate of drug-likeness (QED) is 0.545. The van der Waals surface area contributed by atoms with E-state index in [1.165, 1.54) is 23.2 Å². The van der Waals surface area contributed by atoms with Crippen LogP contribution in [0.1, 0.15) is 0 Å². The zero-order valence-electron chi connectivity index (χ0n) is 7.22. The maximum absolute atomic E-state index is 11.1. The fourth-order valence-electron chi connectivity index (χ4n) is 0.876. The lowest BCUT2D eigenvalue weighted by atomic mass is 10.6. The van der Waals surface area contributed by atoms with Crippen LogP contribution in [0, 0.1) is 0 Å². The van der Waals surface area contributed by atoms with Crippen LogP contribution in [0.15, 0.2) is 23.4 Å². The van der Waals surface area contributed by atoms with Crippen LogP contribution >= 0.6 is 12.6 Å². The molecular weight excluding hydrogens is 188 g/mol. The number of aromatic nitrogens is 2. The predicted octanol–water partition coefficient (Wildman–Crippen LogP) is 0.190. The average molecular weight is 200 g/mol. The van der Waals surface area contributed by atoms with E-state index < -0.39 is 0 Å². The van der Waals surface area contributed by atoms with Gasteiger partial charge in [0, 0.05) is 18.0 Å². The van der Waals surface area contributed by atoms with Crippen molar-refractivity contribution in [2.45, 2.75) is 6.54 Å². The monoisotopic (exact) mass is 200 g/mol. The Morgan fingerprint density at radius 1 is 1.54 bits per heavy atom. The van der Waals surface area contributed by atoms with Crippen LogP contribution in [0.25, 0.3) is 0 Å².